The van der Waals surface area contributed by atoms with E-state index < -0.39 is 0 Å². The van der Waals surface area contributed by atoms with Gasteiger partial charge in [0.2, 0.25) is 5.91 Å². The Labute approximate surface area is 172 Å². The summed E-state index contributed by atoms with van der Waals surface area (Å²) in [7, 11) is 0. The molecule has 2 rings (SSSR count). The number of anilines is 1. The number of rotatable bonds is 9. The summed E-state index contributed by atoms with van der Waals surface area (Å²) in [4.78, 5) is 23.4. The quantitative estimate of drug-likeness (QED) is 0.623. The predicted molar refractivity (Wildman–Crippen MR) is 112 cm³/mol. The maximum atomic E-state index is 12.0. The molecule has 0 heterocycles. The summed E-state index contributed by atoms with van der Waals surface area (Å²) >= 11 is 13.4. The van der Waals surface area contributed by atoms with Gasteiger partial charge in [0, 0.05) is 28.0 Å². The van der Waals surface area contributed by atoms with Crippen molar-refractivity contribution >= 4 is 52.5 Å². The average Bonchev–Trinajstić information content (AvgIpc) is 2.63. The lowest BCUT2D eigenvalue weighted by atomic mass is 10.2. The van der Waals surface area contributed by atoms with E-state index >= 15 is 0 Å². The van der Waals surface area contributed by atoms with Crippen LogP contribution in [0.1, 0.15) is 12.5 Å². The van der Waals surface area contributed by atoms with Gasteiger partial charge < -0.3 is 15.4 Å². The second-order valence-electron chi connectivity index (χ2n) is 5.54. The molecule has 144 valence electrons. The molecule has 0 atom stereocenters. The fourth-order valence-electron chi connectivity index (χ4n) is 2.12. The van der Waals surface area contributed by atoms with E-state index in [1.165, 1.54) is 11.8 Å². The number of carbonyl (C=O) groups excluding carboxylic acids is 2. The molecule has 2 aromatic carbocycles. The Balaban J connectivity index is 1.74. The van der Waals surface area contributed by atoms with Crippen molar-refractivity contribution in [2.75, 3.05) is 24.2 Å². The fraction of sp³-hybridized carbons (Fsp3) is 0.263. The summed E-state index contributed by atoms with van der Waals surface area (Å²) in [6, 6.07) is 12.2. The van der Waals surface area contributed by atoms with Crippen molar-refractivity contribution in [3.8, 4) is 5.75 Å². The number of hydrogen-bond acceptors (Lipinski definition) is 4. The molecule has 2 amide bonds. The van der Waals surface area contributed by atoms with Crippen molar-refractivity contribution in [3.63, 3.8) is 0 Å². The molecule has 0 aliphatic heterocycles. The Kier molecular flexibility index (Phi) is 8.78. The summed E-state index contributed by atoms with van der Waals surface area (Å²) in [5.74, 6) is 1.20. The van der Waals surface area contributed by atoms with Crippen molar-refractivity contribution in [2.45, 2.75) is 12.7 Å². The summed E-state index contributed by atoms with van der Waals surface area (Å²) in [6.45, 7) is 2.37. The van der Waals surface area contributed by atoms with Crippen LogP contribution in [0.25, 0.3) is 0 Å². The molecule has 0 fully saturated rings. The Morgan fingerprint density at radius 2 is 1.81 bits per heavy atom. The number of nitrogens with one attached hydrogen (secondary N) is 2. The summed E-state index contributed by atoms with van der Waals surface area (Å²) in [5, 5.41) is 6.65. The van der Waals surface area contributed by atoms with Crippen molar-refractivity contribution in [1.29, 1.82) is 0 Å². The van der Waals surface area contributed by atoms with Gasteiger partial charge in [0.1, 0.15) is 5.75 Å². The molecule has 0 unspecified atom stereocenters. The highest BCUT2D eigenvalue weighted by molar-refractivity contribution is 7.99. The van der Waals surface area contributed by atoms with E-state index in [2.05, 4.69) is 10.6 Å². The number of amides is 2. The molecule has 0 saturated heterocycles. The lowest BCUT2D eigenvalue weighted by Crippen LogP contribution is -2.28. The third-order valence-corrected chi connectivity index (χ3v) is 4.96. The molecular formula is C19H20Cl2N2O3S. The monoisotopic (exact) mass is 426 g/mol. The van der Waals surface area contributed by atoms with E-state index in [9.17, 15) is 9.59 Å². The van der Waals surface area contributed by atoms with Crippen molar-refractivity contribution in [2.24, 2.45) is 0 Å². The Morgan fingerprint density at radius 3 is 2.48 bits per heavy atom. The minimum atomic E-state index is -0.173. The first-order valence-corrected chi connectivity index (χ1v) is 10.2. The zero-order valence-corrected chi connectivity index (χ0v) is 17.1. The number of halogens is 2. The van der Waals surface area contributed by atoms with Crippen molar-refractivity contribution < 1.29 is 14.3 Å². The van der Waals surface area contributed by atoms with Crippen LogP contribution in [0, 0.1) is 0 Å². The normalized spacial score (nSPS) is 10.3. The van der Waals surface area contributed by atoms with Gasteiger partial charge in [0.25, 0.3) is 5.91 Å². The maximum absolute atomic E-state index is 12.0. The number of carbonyl (C=O) groups is 2. The highest BCUT2D eigenvalue weighted by atomic mass is 35.5. The molecule has 0 spiro atoms. The Hall–Kier alpha value is -1.89. The first kappa shape index (κ1) is 21.4. The lowest BCUT2D eigenvalue weighted by Gasteiger charge is -2.09. The summed E-state index contributed by atoms with van der Waals surface area (Å²) < 4.78 is 5.36. The SMILES string of the molecule is CCNC(=O)COc1ccc(NC(=O)CSCc2ccc(Cl)cc2Cl)cc1. The summed E-state index contributed by atoms with van der Waals surface area (Å²) in [5.41, 5.74) is 1.60. The molecule has 8 heteroatoms. The lowest BCUT2D eigenvalue weighted by molar-refractivity contribution is -0.123. The van der Waals surface area contributed by atoms with Gasteiger partial charge in [-0.3, -0.25) is 9.59 Å². The van der Waals surface area contributed by atoms with E-state index in [1.54, 1.807) is 36.4 Å². The second-order valence-corrected chi connectivity index (χ2v) is 7.37. The topological polar surface area (TPSA) is 67.4 Å². The first-order valence-electron chi connectivity index (χ1n) is 8.29. The van der Waals surface area contributed by atoms with Crippen LogP contribution in [0.3, 0.4) is 0 Å². The van der Waals surface area contributed by atoms with Crippen LogP contribution in [0.4, 0.5) is 5.69 Å². The molecule has 0 saturated carbocycles. The second kappa shape index (κ2) is 11.1. The zero-order valence-electron chi connectivity index (χ0n) is 14.8. The molecule has 2 N–H and O–H groups in total. The molecule has 0 radical (unpaired) electrons. The van der Waals surface area contributed by atoms with Crippen molar-refractivity contribution in [1.82, 2.24) is 5.32 Å². The van der Waals surface area contributed by atoms with Gasteiger partial charge in [-0.25, -0.2) is 0 Å². The molecule has 27 heavy (non-hydrogen) atoms. The van der Waals surface area contributed by atoms with E-state index in [-0.39, 0.29) is 18.4 Å². The molecule has 5 nitrogen and oxygen atoms in total. The third kappa shape index (κ3) is 7.71. The van der Waals surface area contributed by atoms with E-state index in [4.69, 9.17) is 27.9 Å². The van der Waals surface area contributed by atoms with Crippen LogP contribution in [-0.2, 0) is 15.3 Å². The Morgan fingerprint density at radius 1 is 1.07 bits per heavy atom. The van der Waals surface area contributed by atoms with E-state index in [1.807, 2.05) is 13.0 Å². The number of hydrogen-bond donors (Lipinski definition) is 2. The largest absolute Gasteiger partial charge is 0.484 e. The van der Waals surface area contributed by atoms with Gasteiger partial charge in [0.15, 0.2) is 6.61 Å². The molecule has 0 bridgehead atoms. The molecule has 0 aromatic heterocycles. The van der Waals surface area contributed by atoms with E-state index in [0.717, 1.165) is 5.56 Å². The summed E-state index contributed by atoms with van der Waals surface area (Å²) in [6.07, 6.45) is 0. The smallest absolute Gasteiger partial charge is 0.257 e. The third-order valence-electron chi connectivity index (χ3n) is 3.39. The van der Waals surface area contributed by atoms with Gasteiger partial charge in [-0.05, 0) is 48.9 Å². The first-order chi connectivity index (χ1) is 13.0. The van der Waals surface area contributed by atoms with Gasteiger partial charge in [0.05, 0.1) is 5.75 Å². The standard InChI is InChI=1S/C19H20Cl2N2O3S/c1-2-22-18(24)10-26-16-7-5-15(6-8-16)23-19(25)12-27-11-13-3-4-14(20)9-17(13)21/h3-9H,2,10-12H2,1H3,(H,22,24)(H,23,25). The number of benzene rings is 2. The molecule has 0 aliphatic carbocycles. The van der Waals surface area contributed by atoms with Crippen LogP contribution in [0.15, 0.2) is 42.5 Å². The number of thioether (sulfide) groups is 1. The Bertz CT molecular complexity index is 785. The molecule has 2 aromatic rings. The highest BCUT2D eigenvalue weighted by Crippen LogP contribution is 2.24. The molecule has 0 aliphatic rings. The zero-order chi connectivity index (χ0) is 19.6. The molecular weight excluding hydrogens is 407 g/mol. The van der Waals surface area contributed by atoms with Gasteiger partial charge in [-0.2, -0.15) is 0 Å². The number of ether oxygens (including phenoxy) is 1. The van der Waals surface area contributed by atoms with Gasteiger partial charge >= 0.3 is 0 Å². The van der Waals surface area contributed by atoms with Crippen LogP contribution < -0.4 is 15.4 Å². The maximum Gasteiger partial charge on any atom is 0.257 e. The minimum absolute atomic E-state index is 0.0383. The van der Waals surface area contributed by atoms with Crippen LogP contribution in [0.2, 0.25) is 10.0 Å². The van der Waals surface area contributed by atoms with Crippen LogP contribution >= 0.6 is 35.0 Å². The van der Waals surface area contributed by atoms with E-state index in [0.29, 0.717) is 39.5 Å². The highest BCUT2D eigenvalue weighted by Gasteiger charge is 2.06. The number of likely N-dealkylation sites (N-methyl/N-ethyl adjacent to an activating group) is 1. The predicted octanol–water partition coefficient (Wildman–Crippen LogP) is 4.38. The van der Waals surface area contributed by atoms with Crippen LogP contribution in [-0.4, -0.2) is 30.7 Å². The van der Waals surface area contributed by atoms with Gasteiger partial charge in [-0.15, -0.1) is 11.8 Å². The average molecular weight is 427 g/mol. The minimum Gasteiger partial charge on any atom is -0.484 e. The van der Waals surface area contributed by atoms with Crippen LogP contribution in [0.5, 0.6) is 5.75 Å². The van der Waals surface area contributed by atoms with Crippen molar-refractivity contribution in [3.05, 3.63) is 58.1 Å². The fourth-order valence-corrected chi connectivity index (χ4v) is 3.51. The van der Waals surface area contributed by atoms with Gasteiger partial charge in [-0.1, -0.05) is 29.3 Å².